The van der Waals surface area contributed by atoms with Gasteiger partial charge in [-0.25, -0.2) is 0 Å². The van der Waals surface area contributed by atoms with Crippen molar-refractivity contribution in [3.63, 3.8) is 0 Å². The second-order valence-electron chi connectivity index (χ2n) is 4.38. The van der Waals surface area contributed by atoms with Crippen molar-refractivity contribution in [3.05, 3.63) is 35.9 Å². The summed E-state index contributed by atoms with van der Waals surface area (Å²) in [6.45, 7) is 5.42. The minimum Gasteiger partial charge on any atom is -0.465 e. The summed E-state index contributed by atoms with van der Waals surface area (Å²) in [5.74, 6) is -0.160. The number of esters is 1. The van der Waals surface area contributed by atoms with E-state index in [4.69, 9.17) is 9.47 Å². The van der Waals surface area contributed by atoms with E-state index >= 15 is 0 Å². The number of carbonyl (C=O) groups excluding carboxylic acids is 1. The standard InChI is InChI=1S/C15H23NO3/c1-4-19-15(17)14(16-10-11-18-3)12(2)13-8-6-5-7-9-13/h5-9,12,14,16H,4,10-11H2,1-3H3. The maximum absolute atomic E-state index is 12.0. The van der Waals surface area contributed by atoms with Crippen LogP contribution in [0.15, 0.2) is 30.3 Å². The van der Waals surface area contributed by atoms with E-state index in [1.165, 1.54) is 0 Å². The molecule has 0 heterocycles. The Bertz CT molecular complexity index is 367. The zero-order valence-corrected chi connectivity index (χ0v) is 11.9. The molecule has 19 heavy (non-hydrogen) atoms. The molecule has 0 saturated heterocycles. The van der Waals surface area contributed by atoms with E-state index in [0.717, 1.165) is 5.56 Å². The zero-order valence-electron chi connectivity index (χ0n) is 11.9. The average molecular weight is 265 g/mol. The van der Waals surface area contributed by atoms with Gasteiger partial charge < -0.3 is 14.8 Å². The number of benzene rings is 1. The van der Waals surface area contributed by atoms with Gasteiger partial charge in [-0.2, -0.15) is 0 Å². The molecule has 0 bridgehead atoms. The number of ether oxygens (including phenoxy) is 2. The summed E-state index contributed by atoms with van der Waals surface area (Å²) >= 11 is 0. The molecular formula is C15H23NO3. The van der Waals surface area contributed by atoms with Gasteiger partial charge in [0.1, 0.15) is 6.04 Å². The third-order valence-electron chi connectivity index (χ3n) is 3.04. The van der Waals surface area contributed by atoms with Crippen LogP contribution in [0, 0.1) is 0 Å². The second kappa shape index (κ2) is 8.67. The fourth-order valence-electron chi connectivity index (χ4n) is 1.96. The van der Waals surface area contributed by atoms with E-state index in [1.54, 1.807) is 7.11 Å². The molecule has 0 radical (unpaired) electrons. The third-order valence-corrected chi connectivity index (χ3v) is 3.04. The van der Waals surface area contributed by atoms with Crippen molar-refractivity contribution in [2.75, 3.05) is 26.9 Å². The molecule has 1 N–H and O–H groups in total. The van der Waals surface area contributed by atoms with Gasteiger partial charge in [0.25, 0.3) is 0 Å². The van der Waals surface area contributed by atoms with E-state index in [0.29, 0.717) is 19.8 Å². The largest absolute Gasteiger partial charge is 0.465 e. The fraction of sp³-hybridized carbons (Fsp3) is 0.533. The average Bonchev–Trinajstić information content (AvgIpc) is 2.44. The van der Waals surface area contributed by atoms with Gasteiger partial charge in [-0.1, -0.05) is 37.3 Å². The summed E-state index contributed by atoms with van der Waals surface area (Å²) in [6.07, 6.45) is 0. The second-order valence-corrected chi connectivity index (χ2v) is 4.38. The molecule has 4 nitrogen and oxygen atoms in total. The molecular weight excluding hydrogens is 242 g/mol. The number of hydrogen-bond acceptors (Lipinski definition) is 4. The van der Waals surface area contributed by atoms with Gasteiger partial charge in [0.05, 0.1) is 13.2 Å². The predicted molar refractivity (Wildman–Crippen MR) is 75.2 cm³/mol. The highest BCUT2D eigenvalue weighted by molar-refractivity contribution is 5.77. The third kappa shape index (κ3) is 5.01. The molecule has 4 heteroatoms. The Balaban J connectivity index is 2.74. The van der Waals surface area contributed by atoms with Crippen LogP contribution in [0.1, 0.15) is 25.3 Å². The van der Waals surface area contributed by atoms with Crippen LogP contribution in [0.4, 0.5) is 0 Å². The van der Waals surface area contributed by atoms with Crippen molar-refractivity contribution >= 4 is 5.97 Å². The Morgan fingerprint density at radius 2 is 2.00 bits per heavy atom. The smallest absolute Gasteiger partial charge is 0.323 e. The molecule has 1 aromatic carbocycles. The van der Waals surface area contributed by atoms with Crippen molar-refractivity contribution < 1.29 is 14.3 Å². The maximum Gasteiger partial charge on any atom is 0.323 e. The number of methoxy groups -OCH3 is 1. The SMILES string of the molecule is CCOC(=O)C(NCCOC)C(C)c1ccccc1. The van der Waals surface area contributed by atoms with Crippen molar-refractivity contribution in [3.8, 4) is 0 Å². The molecule has 2 unspecified atom stereocenters. The van der Waals surface area contributed by atoms with Gasteiger partial charge >= 0.3 is 5.97 Å². The van der Waals surface area contributed by atoms with Crippen LogP contribution in [0.2, 0.25) is 0 Å². The first kappa shape index (κ1) is 15.7. The molecule has 0 aliphatic carbocycles. The van der Waals surface area contributed by atoms with Crippen LogP contribution in [0.3, 0.4) is 0 Å². The van der Waals surface area contributed by atoms with E-state index in [1.807, 2.05) is 44.2 Å². The Morgan fingerprint density at radius 1 is 1.32 bits per heavy atom. The van der Waals surface area contributed by atoms with Crippen LogP contribution in [-0.4, -0.2) is 38.9 Å². The summed E-state index contributed by atoms with van der Waals surface area (Å²) in [6, 6.07) is 9.61. The predicted octanol–water partition coefficient (Wildman–Crippen LogP) is 1.96. The molecule has 1 rings (SSSR count). The lowest BCUT2D eigenvalue weighted by molar-refractivity contribution is -0.146. The Kier molecular flexibility index (Phi) is 7.15. The lowest BCUT2D eigenvalue weighted by Gasteiger charge is -2.23. The highest BCUT2D eigenvalue weighted by atomic mass is 16.5. The van der Waals surface area contributed by atoms with E-state index in [-0.39, 0.29) is 17.9 Å². The van der Waals surface area contributed by atoms with Crippen molar-refractivity contribution in [2.45, 2.75) is 25.8 Å². The van der Waals surface area contributed by atoms with E-state index < -0.39 is 0 Å². The first-order chi connectivity index (χ1) is 9.20. The molecule has 2 atom stereocenters. The quantitative estimate of drug-likeness (QED) is 0.576. The van der Waals surface area contributed by atoms with E-state index in [9.17, 15) is 4.79 Å². The van der Waals surface area contributed by atoms with Crippen LogP contribution in [0.25, 0.3) is 0 Å². The molecule has 0 aliphatic rings. The van der Waals surface area contributed by atoms with Gasteiger partial charge in [-0.3, -0.25) is 4.79 Å². The molecule has 0 spiro atoms. The van der Waals surface area contributed by atoms with Crippen LogP contribution in [-0.2, 0) is 14.3 Å². The number of carbonyl (C=O) groups is 1. The molecule has 1 aromatic rings. The Hall–Kier alpha value is -1.39. The molecule has 0 amide bonds. The first-order valence-electron chi connectivity index (χ1n) is 6.64. The number of nitrogens with one attached hydrogen (secondary N) is 1. The number of hydrogen-bond donors (Lipinski definition) is 1. The highest BCUT2D eigenvalue weighted by Gasteiger charge is 2.26. The van der Waals surface area contributed by atoms with Crippen LogP contribution < -0.4 is 5.32 Å². The minimum atomic E-state index is -0.350. The summed E-state index contributed by atoms with van der Waals surface area (Å²) in [7, 11) is 1.64. The molecule has 0 aromatic heterocycles. The topological polar surface area (TPSA) is 47.6 Å². The van der Waals surface area contributed by atoms with Crippen LogP contribution >= 0.6 is 0 Å². The van der Waals surface area contributed by atoms with E-state index in [2.05, 4.69) is 5.32 Å². The molecule has 106 valence electrons. The van der Waals surface area contributed by atoms with Gasteiger partial charge in [-0.05, 0) is 12.5 Å². The first-order valence-corrected chi connectivity index (χ1v) is 6.64. The molecule has 0 fully saturated rings. The summed E-state index contributed by atoms with van der Waals surface area (Å²) in [4.78, 5) is 12.0. The maximum atomic E-state index is 12.0. The van der Waals surface area contributed by atoms with Crippen molar-refractivity contribution in [1.29, 1.82) is 0 Å². The Morgan fingerprint density at radius 3 is 2.58 bits per heavy atom. The summed E-state index contributed by atoms with van der Waals surface area (Å²) in [5.41, 5.74) is 1.12. The van der Waals surface area contributed by atoms with Crippen LogP contribution in [0.5, 0.6) is 0 Å². The monoisotopic (exact) mass is 265 g/mol. The minimum absolute atomic E-state index is 0.0529. The van der Waals surface area contributed by atoms with Crippen molar-refractivity contribution in [2.24, 2.45) is 0 Å². The fourth-order valence-corrected chi connectivity index (χ4v) is 1.96. The van der Waals surface area contributed by atoms with Gasteiger partial charge in [0.2, 0.25) is 0 Å². The lowest BCUT2D eigenvalue weighted by atomic mass is 9.93. The number of rotatable bonds is 8. The molecule has 0 aliphatic heterocycles. The highest BCUT2D eigenvalue weighted by Crippen LogP contribution is 2.19. The lowest BCUT2D eigenvalue weighted by Crippen LogP contribution is -2.43. The van der Waals surface area contributed by atoms with Gasteiger partial charge in [0, 0.05) is 19.6 Å². The normalized spacial score (nSPS) is 13.8. The van der Waals surface area contributed by atoms with Gasteiger partial charge in [-0.15, -0.1) is 0 Å². The Labute approximate surface area is 115 Å². The molecule has 0 saturated carbocycles. The summed E-state index contributed by atoms with van der Waals surface area (Å²) < 4.78 is 10.1. The summed E-state index contributed by atoms with van der Waals surface area (Å²) in [5, 5.41) is 3.20. The van der Waals surface area contributed by atoms with Gasteiger partial charge in [0.15, 0.2) is 0 Å². The zero-order chi connectivity index (χ0) is 14.1. The van der Waals surface area contributed by atoms with Crippen molar-refractivity contribution in [1.82, 2.24) is 5.32 Å².